The highest BCUT2D eigenvalue weighted by Gasteiger charge is 2.58. The number of aliphatic hydroxyl groups is 1. The summed E-state index contributed by atoms with van der Waals surface area (Å²) in [5.41, 5.74) is 2.79. The number of carbonyl (C=O) groups excluding carboxylic acids is 1. The van der Waals surface area contributed by atoms with Gasteiger partial charge >= 0.3 is 0 Å². The molecule has 0 amide bonds. The standard InChI is InChI=1S/C34H51NO3/c1-5-25(6-2)35(4)32(7-3)24-9-8-10-27(22-24)38-20-19-34-18-17-29-28-14-12-26(36)21-23(28)11-13-30(29)31(34)15-16-33(34)37/h8-10,21-22,25,28-33,37H,5-7,11-20H2,1-4H3/t28?,29?,30?,31?,32?,33-,34+/m0/s1. The van der Waals surface area contributed by atoms with Crippen LogP contribution in [0.4, 0.5) is 0 Å². The highest BCUT2D eigenvalue weighted by Crippen LogP contribution is 2.63. The van der Waals surface area contributed by atoms with Crippen molar-refractivity contribution in [1.29, 1.82) is 0 Å². The predicted molar refractivity (Wildman–Crippen MR) is 154 cm³/mol. The maximum Gasteiger partial charge on any atom is 0.155 e. The van der Waals surface area contributed by atoms with Crippen LogP contribution in [0.3, 0.4) is 0 Å². The van der Waals surface area contributed by atoms with Gasteiger partial charge in [0.05, 0.1) is 12.7 Å². The summed E-state index contributed by atoms with van der Waals surface area (Å²) in [5.74, 6) is 3.93. The fourth-order valence-electron chi connectivity index (χ4n) is 9.49. The number of nitrogens with zero attached hydrogens (tertiary/aromatic N) is 1. The molecular formula is C34H51NO3. The number of hydrogen-bond donors (Lipinski definition) is 1. The van der Waals surface area contributed by atoms with E-state index in [0.29, 0.717) is 48.1 Å². The summed E-state index contributed by atoms with van der Waals surface area (Å²) in [4.78, 5) is 14.6. The summed E-state index contributed by atoms with van der Waals surface area (Å²) in [6.07, 6.45) is 14.6. The lowest BCUT2D eigenvalue weighted by Gasteiger charge is -2.54. The third kappa shape index (κ3) is 5.12. The fourth-order valence-corrected chi connectivity index (χ4v) is 9.49. The van der Waals surface area contributed by atoms with Crippen molar-refractivity contribution in [1.82, 2.24) is 4.90 Å². The second kappa shape index (κ2) is 11.8. The van der Waals surface area contributed by atoms with Crippen LogP contribution in [-0.2, 0) is 4.79 Å². The monoisotopic (exact) mass is 521 g/mol. The van der Waals surface area contributed by atoms with E-state index in [1.54, 1.807) is 0 Å². The van der Waals surface area contributed by atoms with E-state index in [4.69, 9.17) is 4.74 Å². The summed E-state index contributed by atoms with van der Waals surface area (Å²) in [5, 5.41) is 11.3. The van der Waals surface area contributed by atoms with Gasteiger partial charge in [-0.15, -0.1) is 0 Å². The average molecular weight is 522 g/mol. The predicted octanol–water partition coefficient (Wildman–Crippen LogP) is 7.51. The van der Waals surface area contributed by atoms with Crippen molar-refractivity contribution in [2.75, 3.05) is 13.7 Å². The number of aliphatic hydroxyl groups excluding tert-OH is 1. The minimum atomic E-state index is -0.202. The molecule has 0 saturated heterocycles. The van der Waals surface area contributed by atoms with Crippen LogP contribution in [0.15, 0.2) is 35.9 Å². The Hall–Kier alpha value is -1.65. The fraction of sp³-hybridized carbons (Fsp3) is 0.735. The molecule has 0 aromatic heterocycles. The molecule has 3 saturated carbocycles. The number of benzene rings is 1. The molecule has 1 aromatic carbocycles. The Bertz CT molecular complexity index is 999. The molecule has 38 heavy (non-hydrogen) atoms. The molecule has 0 radical (unpaired) electrons. The molecule has 0 spiro atoms. The summed E-state index contributed by atoms with van der Waals surface area (Å²) < 4.78 is 6.45. The zero-order chi connectivity index (χ0) is 26.9. The van der Waals surface area contributed by atoms with Crippen LogP contribution in [-0.4, -0.2) is 41.6 Å². The van der Waals surface area contributed by atoms with Crippen LogP contribution in [0.5, 0.6) is 5.75 Å². The Labute approximate surface area is 231 Å². The number of rotatable bonds is 10. The Morgan fingerprint density at radius 2 is 1.84 bits per heavy atom. The minimum absolute atomic E-state index is 0.00608. The largest absolute Gasteiger partial charge is 0.494 e. The number of carbonyl (C=O) groups is 1. The first-order valence-corrected chi connectivity index (χ1v) is 15.8. The smallest absolute Gasteiger partial charge is 0.155 e. The lowest BCUT2D eigenvalue weighted by molar-refractivity contribution is -0.116. The van der Waals surface area contributed by atoms with Crippen molar-refractivity contribution >= 4 is 5.78 Å². The quantitative estimate of drug-likeness (QED) is 0.346. The van der Waals surface area contributed by atoms with Gasteiger partial charge in [-0.3, -0.25) is 9.69 Å². The molecule has 1 N–H and O–H groups in total. The zero-order valence-corrected chi connectivity index (χ0v) is 24.3. The van der Waals surface area contributed by atoms with Gasteiger partial charge in [0.25, 0.3) is 0 Å². The normalized spacial score (nSPS) is 33.5. The van der Waals surface area contributed by atoms with E-state index in [9.17, 15) is 9.90 Å². The maximum absolute atomic E-state index is 12.0. The highest BCUT2D eigenvalue weighted by atomic mass is 16.5. The molecule has 4 heteroatoms. The second-order valence-corrected chi connectivity index (χ2v) is 12.9. The zero-order valence-electron chi connectivity index (χ0n) is 24.3. The average Bonchev–Trinajstić information content (AvgIpc) is 3.26. The molecule has 5 unspecified atom stereocenters. The van der Waals surface area contributed by atoms with Crippen molar-refractivity contribution in [2.24, 2.45) is 29.1 Å². The van der Waals surface area contributed by atoms with E-state index >= 15 is 0 Å². The first-order valence-electron chi connectivity index (χ1n) is 15.8. The molecule has 4 aliphatic rings. The number of ether oxygens (including phenoxy) is 1. The maximum atomic E-state index is 12.0. The van der Waals surface area contributed by atoms with Gasteiger partial charge in [0.2, 0.25) is 0 Å². The van der Waals surface area contributed by atoms with Crippen LogP contribution < -0.4 is 4.74 Å². The van der Waals surface area contributed by atoms with Gasteiger partial charge in [0.1, 0.15) is 5.75 Å². The number of ketones is 1. The summed E-state index contributed by atoms with van der Waals surface area (Å²) in [6, 6.07) is 9.75. The molecule has 5 rings (SSSR count). The van der Waals surface area contributed by atoms with Gasteiger partial charge in [0, 0.05) is 23.9 Å². The van der Waals surface area contributed by atoms with Gasteiger partial charge < -0.3 is 9.84 Å². The molecule has 210 valence electrons. The molecule has 1 aromatic rings. The van der Waals surface area contributed by atoms with E-state index in [-0.39, 0.29) is 11.5 Å². The SMILES string of the molecule is CCC(CC)N(C)C(CC)c1cccc(OCC[C@]23CCC4C5CCC(=O)C=C5CCC4C2CC[C@@H]3O)c1. The summed E-state index contributed by atoms with van der Waals surface area (Å²) in [7, 11) is 2.27. The van der Waals surface area contributed by atoms with Crippen LogP contribution >= 0.6 is 0 Å². The van der Waals surface area contributed by atoms with E-state index in [0.717, 1.165) is 57.1 Å². The molecular weight excluding hydrogens is 470 g/mol. The summed E-state index contributed by atoms with van der Waals surface area (Å²) >= 11 is 0. The van der Waals surface area contributed by atoms with Crippen LogP contribution in [0.1, 0.15) is 109 Å². The van der Waals surface area contributed by atoms with E-state index in [1.807, 2.05) is 6.08 Å². The van der Waals surface area contributed by atoms with Crippen molar-refractivity contribution in [2.45, 2.75) is 116 Å². The van der Waals surface area contributed by atoms with Gasteiger partial charge in [0.15, 0.2) is 5.78 Å². The van der Waals surface area contributed by atoms with Crippen LogP contribution in [0.25, 0.3) is 0 Å². The van der Waals surface area contributed by atoms with E-state index in [2.05, 4.69) is 57.0 Å². The molecule has 0 bridgehead atoms. The molecule has 0 heterocycles. The third-order valence-electron chi connectivity index (χ3n) is 11.4. The lowest BCUT2D eigenvalue weighted by atomic mass is 9.51. The van der Waals surface area contributed by atoms with Crippen molar-refractivity contribution < 1.29 is 14.6 Å². The lowest BCUT2D eigenvalue weighted by Crippen LogP contribution is -2.49. The Morgan fingerprint density at radius 3 is 2.61 bits per heavy atom. The van der Waals surface area contributed by atoms with Crippen LogP contribution in [0.2, 0.25) is 0 Å². The van der Waals surface area contributed by atoms with Gasteiger partial charge in [-0.1, -0.05) is 38.5 Å². The topological polar surface area (TPSA) is 49.8 Å². The second-order valence-electron chi connectivity index (χ2n) is 12.9. The van der Waals surface area contributed by atoms with Crippen molar-refractivity contribution in [3.05, 3.63) is 41.5 Å². The molecule has 0 aliphatic heterocycles. The minimum Gasteiger partial charge on any atom is -0.494 e. The molecule has 4 aliphatic carbocycles. The van der Waals surface area contributed by atoms with Gasteiger partial charge in [-0.05, 0) is 125 Å². The van der Waals surface area contributed by atoms with Crippen molar-refractivity contribution in [3.63, 3.8) is 0 Å². The molecule has 3 fully saturated rings. The first kappa shape index (κ1) is 27.9. The van der Waals surface area contributed by atoms with Gasteiger partial charge in [-0.2, -0.15) is 0 Å². The Morgan fingerprint density at radius 1 is 1.03 bits per heavy atom. The number of hydrogen-bond acceptors (Lipinski definition) is 4. The number of allylic oxidation sites excluding steroid dienone is 1. The third-order valence-corrected chi connectivity index (χ3v) is 11.4. The Kier molecular flexibility index (Phi) is 8.69. The van der Waals surface area contributed by atoms with Crippen molar-refractivity contribution in [3.8, 4) is 5.75 Å². The highest BCUT2D eigenvalue weighted by molar-refractivity contribution is 5.91. The number of fused-ring (bicyclic) bond motifs is 5. The molecule has 4 nitrogen and oxygen atoms in total. The summed E-state index contributed by atoms with van der Waals surface area (Å²) in [6.45, 7) is 7.53. The van der Waals surface area contributed by atoms with E-state index < -0.39 is 0 Å². The van der Waals surface area contributed by atoms with Crippen LogP contribution in [0, 0.1) is 29.1 Å². The van der Waals surface area contributed by atoms with E-state index in [1.165, 1.54) is 36.8 Å². The van der Waals surface area contributed by atoms with Gasteiger partial charge in [-0.25, -0.2) is 0 Å². The Balaban J connectivity index is 1.25. The molecule has 7 atom stereocenters. The first-order chi connectivity index (χ1) is 18.4.